The zero-order valence-electron chi connectivity index (χ0n) is 41.1. The number of hydrogen-bond acceptors (Lipinski definition) is 5. The normalized spacial score (nSPS) is 14.6. The van der Waals surface area contributed by atoms with Gasteiger partial charge in [0.05, 0.1) is 33.2 Å². The van der Waals surface area contributed by atoms with Crippen LogP contribution in [0.15, 0.2) is 188 Å². The molecule has 0 aliphatic carbocycles. The molecule has 11 rings (SSSR count). The minimum atomic E-state index is -0.508. The van der Waals surface area contributed by atoms with Gasteiger partial charge in [-0.15, -0.1) is 11.3 Å². The third-order valence-electron chi connectivity index (χ3n) is 9.71. The molecule has 0 aliphatic heterocycles. The van der Waals surface area contributed by atoms with Crippen molar-refractivity contribution in [2.24, 2.45) is 0 Å². The number of aromatic nitrogens is 5. The summed E-state index contributed by atoms with van der Waals surface area (Å²) in [6.45, 7) is 0. The average Bonchev–Trinajstić information content (AvgIpc) is 3.94. The Kier molecular flexibility index (Phi) is 5.24. The highest BCUT2D eigenvalue weighted by Crippen LogP contribution is 2.41. The number of fused-ring (bicyclic) bond motifs is 6. The van der Waals surface area contributed by atoms with E-state index < -0.39 is 18.1 Å². The molecule has 5 nitrogen and oxygen atoms in total. The first kappa shape index (κ1) is 22.2. The van der Waals surface area contributed by atoms with Crippen molar-refractivity contribution in [3.8, 4) is 62.1 Å². The third-order valence-corrected chi connectivity index (χ3v) is 10.9. The van der Waals surface area contributed by atoms with Crippen LogP contribution in [0, 0.1) is 0 Å². The highest BCUT2D eigenvalue weighted by molar-refractivity contribution is 7.26. The molecular formula is C50H31N5S. The molecule has 0 spiro atoms. The molecule has 4 heterocycles. The lowest BCUT2D eigenvalue weighted by Gasteiger charge is -2.15. The Morgan fingerprint density at radius 3 is 2.04 bits per heavy atom. The van der Waals surface area contributed by atoms with Gasteiger partial charge in [0.1, 0.15) is 0 Å². The van der Waals surface area contributed by atoms with Crippen molar-refractivity contribution in [1.82, 2.24) is 24.5 Å². The summed E-state index contributed by atoms with van der Waals surface area (Å²) in [5.74, 6) is 0.702. The summed E-state index contributed by atoms with van der Waals surface area (Å²) in [5.41, 5.74) is 5.12. The molecule has 0 bridgehead atoms. The first-order valence-corrected chi connectivity index (χ1v) is 18.4. The first-order valence-electron chi connectivity index (χ1n) is 23.6. The topological polar surface area (TPSA) is 56.5 Å². The molecule has 7 aromatic carbocycles. The van der Waals surface area contributed by atoms with Crippen LogP contribution in [0.25, 0.3) is 104 Å². The maximum absolute atomic E-state index is 9.14. The fraction of sp³-hybridized carbons (Fsp3) is 0. The van der Waals surface area contributed by atoms with E-state index in [1.54, 1.807) is 42.7 Å². The second-order valence-corrected chi connectivity index (χ2v) is 14.0. The Balaban J connectivity index is 1.16. The molecule has 6 heteroatoms. The number of pyridine rings is 1. The molecule has 56 heavy (non-hydrogen) atoms. The van der Waals surface area contributed by atoms with Crippen LogP contribution in [0.2, 0.25) is 0 Å². The molecule has 0 saturated carbocycles. The summed E-state index contributed by atoms with van der Waals surface area (Å²) in [5, 5.41) is 0.691. The number of hydrogen-bond donors (Lipinski definition) is 0. The van der Waals surface area contributed by atoms with Crippen LogP contribution in [-0.2, 0) is 0 Å². The number of para-hydroxylation sites is 3. The van der Waals surface area contributed by atoms with Gasteiger partial charge >= 0.3 is 0 Å². The molecule has 0 amide bonds. The number of thiophene rings is 1. The van der Waals surface area contributed by atoms with Crippen LogP contribution >= 0.6 is 11.3 Å². The molecule has 0 fully saturated rings. The van der Waals surface area contributed by atoms with E-state index in [0.717, 1.165) is 11.1 Å². The summed E-state index contributed by atoms with van der Waals surface area (Å²) in [7, 11) is 0. The van der Waals surface area contributed by atoms with Crippen LogP contribution in [-0.4, -0.2) is 24.5 Å². The molecule has 0 aliphatic rings. The molecule has 0 unspecified atom stereocenters. The van der Waals surface area contributed by atoms with E-state index in [2.05, 4.69) is 4.98 Å². The highest BCUT2D eigenvalue weighted by atomic mass is 32.1. The number of benzene rings is 7. The summed E-state index contributed by atoms with van der Waals surface area (Å²) in [6, 6.07) is 27.0. The Hall–Kier alpha value is -7.28. The van der Waals surface area contributed by atoms with Crippen molar-refractivity contribution in [3.63, 3.8) is 0 Å². The van der Waals surface area contributed by atoms with Crippen LogP contribution in [0.1, 0.15) is 16.4 Å². The zero-order chi connectivity index (χ0) is 47.4. The predicted molar refractivity (Wildman–Crippen MR) is 232 cm³/mol. The maximum atomic E-state index is 9.14. The lowest BCUT2D eigenvalue weighted by Crippen LogP contribution is -2.03. The Morgan fingerprint density at radius 1 is 0.464 bits per heavy atom. The van der Waals surface area contributed by atoms with E-state index in [0.29, 0.717) is 53.7 Å². The predicted octanol–water partition coefficient (Wildman–Crippen LogP) is 13.1. The van der Waals surface area contributed by atoms with Gasteiger partial charge in [0, 0.05) is 60.0 Å². The van der Waals surface area contributed by atoms with E-state index in [1.165, 1.54) is 28.0 Å². The van der Waals surface area contributed by atoms with Crippen molar-refractivity contribution in [2.75, 3.05) is 0 Å². The van der Waals surface area contributed by atoms with Crippen LogP contribution < -0.4 is 0 Å². The van der Waals surface area contributed by atoms with Crippen LogP contribution in [0.3, 0.4) is 0 Å². The SMILES string of the molecule is [2H]c1cc([2H])c2sc3c(-c4cccc(-c5nc(-c6ccc(-c7cccnc7)cc6)nc(-c6ccccc6-n6c7c([2H])cc([2H])c([2H])c7c7c([2H])c([2H])c([2H])c([2H])c76)n5)c4)cc([2H])c([2H])c3c2c1[2H]. The van der Waals surface area contributed by atoms with Gasteiger partial charge in [-0.1, -0.05) is 133 Å². The smallest absolute Gasteiger partial charge is 0.166 e. The maximum Gasteiger partial charge on any atom is 0.166 e. The fourth-order valence-corrected chi connectivity index (χ4v) is 8.24. The second-order valence-electron chi connectivity index (χ2n) is 13.0. The van der Waals surface area contributed by atoms with E-state index >= 15 is 0 Å². The van der Waals surface area contributed by atoms with Crippen molar-refractivity contribution in [3.05, 3.63) is 188 Å². The number of rotatable bonds is 6. The fourth-order valence-electron chi connectivity index (χ4n) is 7.12. The Morgan fingerprint density at radius 2 is 1.16 bits per heavy atom. The molecular weight excluding hydrogens is 703 g/mol. The van der Waals surface area contributed by atoms with Gasteiger partial charge in [-0.2, -0.15) is 0 Å². The molecule has 0 atom stereocenters. The van der Waals surface area contributed by atoms with E-state index in [1.807, 2.05) is 60.7 Å². The van der Waals surface area contributed by atoms with Gasteiger partial charge in [-0.05, 0) is 64.6 Å². The highest BCUT2D eigenvalue weighted by Gasteiger charge is 2.20. The minimum Gasteiger partial charge on any atom is -0.309 e. The minimum absolute atomic E-state index is 0.0102. The van der Waals surface area contributed by atoms with Crippen LogP contribution in [0.4, 0.5) is 0 Å². The van der Waals surface area contributed by atoms with E-state index in [4.69, 9.17) is 31.4 Å². The third kappa shape index (κ3) is 5.38. The van der Waals surface area contributed by atoms with Crippen LogP contribution in [0.5, 0.6) is 0 Å². The second kappa shape index (κ2) is 13.2. The monoisotopic (exact) mass is 745 g/mol. The lowest BCUT2D eigenvalue weighted by molar-refractivity contribution is 1.06. The zero-order valence-corrected chi connectivity index (χ0v) is 29.9. The first-order chi connectivity index (χ1) is 32.7. The molecule has 4 aromatic heterocycles. The Labute approximate surface area is 343 Å². The van der Waals surface area contributed by atoms with Crippen molar-refractivity contribution < 1.29 is 16.4 Å². The van der Waals surface area contributed by atoms with Crippen molar-refractivity contribution in [2.45, 2.75) is 0 Å². The van der Waals surface area contributed by atoms with Gasteiger partial charge < -0.3 is 4.57 Å². The average molecular weight is 746 g/mol. The van der Waals surface area contributed by atoms with E-state index in [9.17, 15) is 0 Å². The molecule has 262 valence electrons. The summed E-state index contributed by atoms with van der Waals surface area (Å²) in [4.78, 5) is 19.4. The summed E-state index contributed by atoms with van der Waals surface area (Å²) >= 11 is 1.24. The van der Waals surface area contributed by atoms with Gasteiger partial charge in [0.2, 0.25) is 0 Å². The molecule has 0 radical (unpaired) electrons. The van der Waals surface area contributed by atoms with Gasteiger partial charge in [-0.25, -0.2) is 15.0 Å². The van der Waals surface area contributed by atoms with Gasteiger partial charge in [0.15, 0.2) is 17.5 Å². The van der Waals surface area contributed by atoms with Gasteiger partial charge in [-0.3, -0.25) is 4.98 Å². The standard InChI is InChI=1S/C50H31N5S/c1-5-21-43-38(15-1)39-16-2-6-22-44(39)55(43)45-23-7-3-18-42(45)50-53-48(33-27-25-32(26-28-33)36-14-11-29-51-31-36)52-49(54-50)35-13-9-12-34(30-35)37-19-10-20-41-40-17-4-8-24-46(40)56-47(37)41/h1-31H/i1D,2D,4D,5D,10D,15D,16D,17D,20D,21D,22D,24D. The lowest BCUT2D eigenvalue weighted by atomic mass is 10.0. The van der Waals surface area contributed by atoms with E-state index in [-0.39, 0.29) is 93.7 Å². The summed E-state index contributed by atoms with van der Waals surface area (Å²) < 4.78 is 108. The van der Waals surface area contributed by atoms with Crippen molar-refractivity contribution in [1.29, 1.82) is 0 Å². The molecule has 0 N–H and O–H groups in total. The van der Waals surface area contributed by atoms with Gasteiger partial charge in [0.25, 0.3) is 0 Å². The Bertz CT molecular complexity index is 3950. The summed E-state index contributed by atoms with van der Waals surface area (Å²) in [6.07, 6.45) is 3.47. The largest absolute Gasteiger partial charge is 0.309 e. The molecule has 11 aromatic rings. The number of nitrogens with zero attached hydrogens (tertiary/aromatic N) is 5. The molecule has 0 saturated heterocycles. The quantitative estimate of drug-likeness (QED) is 0.170. The van der Waals surface area contributed by atoms with Crippen molar-refractivity contribution >= 4 is 53.3 Å².